The van der Waals surface area contributed by atoms with Crippen molar-refractivity contribution in [2.45, 2.75) is 12.1 Å². The van der Waals surface area contributed by atoms with Crippen LogP contribution in [-0.2, 0) is 0 Å². The summed E-state index contributed by atoms with van der Waals surface area (Å²) in [5.74, 6) is 0. The van der Waals surface area contributed by atoms with E-state index in [1.807, 2.05) is 12.2 Å². The Labute approximate surface area is 43.7 Å². The van der Waals surface area contributed by atoms with Gasteiger partial charge < -0.3 is 5.32 Å². The maximum atomic E-state index is 3.61. The van der Waals surface area contributed by atoms with Gasteiger partial charge in [0.1, 0.15) is 0 Å². The number of rotatable bonds is 2. The number of hydrogen-bond donors (Lipinski definition) is 1. The van der Waals surface area contributed by atoms with E-state index in [1.165, 1.54) is 0 Å². The van der Waals surface area contributed by atoms with Crippen molar-refractivity contribution < 1.29 is 0 Å². The fourth-order valence-corrected chi connectivity index (χ4v) is 0.596. The first-order valence-corrected chi connectivity index (χ1v) is 2.39. The molecular formula is C6H9N. The van der Waals surface area contributed by atoms with Crippen molar-refractivity contribution in [1.29, 1.82) is 0 Å². The van der Waals surface area contributed by atoms with Crippen LogP contribution in [0.3, 0.4) is 0 Å². The molecule has 0 radical (unpaired) electrons. The van der Waals surface area contributed by atoms with Gasteiger partial charge in [-0.1, -0.05) is 12.2 Å². The van der Waals surface area contributed by atoms with Gasteiger partial charge in [-0.15, -0.1) is 13.2 Å². The van der Waals surface area contributed by atoms with Crippen molar-refractivity contribution in [2.75, 3.05) is 0 Å². The van der Waals surface area contributed by atoms with Crippen molar-refractivity contribution in [3.05, 3.63) is 25.3 Å². The highest BCUT2D eigenvalue weighted by Crippen LogP contribution is 2.10. The van der Waals surface area contributed by atoms with Crippen molar-refractivity contribution in [1.82, 2.24) is 5.32 Å². The topological polar surface area (TPSA) is 21.9 Å². The molecule has 0 aliphatic carbocycles. The van der Waals surface area contributed by atoms with E-state index in [-0.39, 0.29) is 0 Å². The maximum Gasteiger partial charge on any atom is 0.0444 e. The maximum absolute atomic E-state index is 3.61. The fourth-order valence-electron chi connectivity index (χ4n) is 0.596. The van der Waals surface area contributed by atoms with E-state index >= 15 is 0 Å². The molecule has 0 saturated carbocycles. The largest absolute Gasteiger partial charge is 0.301 e. The highest BCUT2D eigenvalue weighted by molar-refractivity contribution is 5.15. The molecule has 7 heavy (non-hydrogen) atoms. The molecule has 1 aliphatic heterocycles. The van der Waals surface area contributed by atoms with Crippen LogP contribution < -0.4 is 5.32 Å². The zero-order valence-electron chi connectivity index (χ0n) is 4.22. The molecule has 1 nitrogen and oxygen atoms in total. The molecule has 1 heterocycles. The Balaban J connectivity index is 2.30. The van der Waals surface area contributed by atoms with Gasteiger partial charge in [-0.3, -0.25) is 0 Å². The number of nitrogens with one attached hydrogen (secondary N) is 1. The molecule has 1 fully saturated rings. The lowest BCUT2D eigenvalue weighted by Gasteiger charge is -1.71. The molecule has 1 rings (SSSR count). The average Bonchev–Trinajstić information content (AvgIpc) is 2.43. The summed E-state index contributed by atoms with van der Waals surface area (Å²) < 4.78 is 0. The van der Waals surface area contributed by atoms with Crippen LogP contribution in [0.1, 0.15) is 0 Å². The van der Waals surface area contributed by atoms with Gasteiger partial charge in [-0.05, 0) is 0 Å². The van der Waals surface area contributed by atoms with Gasteiger partial charge in [-0.25, -0.2) is 0 Å². The van der Waals surface area contributed by atoms with Crippen LogP contribution in [0.15, 0.2) is 25.3 Å². The standard InChI is InChI=1S/C6H9N/c1-3-5-6(4-2)7-5/h3-7H,1-2H2. The van der Waals surface area contributed by atoms with Gasteiger partial charge in [0, 0.05) is 12.1 Å². The Hall–Kier alpha value is -0.560. The van der Waals surface area contributed by atoms with Crippen LogP contribution in [0.4, 0.5) is 0 Å². The Bertz CT molecular complexity index is 84.4. The fraction of sp³-hybridized carbons (Fsp3) is 0.333. The Kier molecular flexibility index (Phi) is 0.988. The number of hydrogen-bond acceptors (Lipinski definition) is 1. The molecule has 38 valence electrons. The molecule has 2 unspecified atom stereocenters. The summed E-state index contributed by atoms with van der Waals surface area (Å²) in [5.41, 5.74) is 0. The van der Waals surface area contributed by atoms with Crippen molar-refractivity contribution >= 4 is 0 Å². The van der Waals surface area contributed by atoms with Crippen LogP contribution in [0, 0.1) is 0 Å². The third-order valence-electron chi connectivity index (χ3n) is 1.17. The first-order chi connectivity index (χ1) is 3.38. The molecule has 0 aromatic heterocycles. The predicted molar refractivity (Wildman–Crippen MR) is 31.1 cm³/mol. The molecular weight excluding hydrogens is 86.1 g/mol. The first kappa shape index (κ1) is 4.60. The first-order valence-electron chi connectivity index (χ1n) is 2.39. The summed E-state index contributed by atoms with van der Waals surface area (Å²) in [4.78, 5) is 0. The third-order valence-corrected chi connectivity index (χ3v) is 1.17. The highest BCUT2D eigenvalue weighted by atomic mass is 15.1. The monoisotopic (exact) mass is 95.1 g/mol. The Morgan fingerprint density at radius 1 is 1.14 bits per heavy atom. The molecule has 1 saturated heterocycles. The average molecular weight is 95.1 g/mol. The van der Waals surface area contributed by atoms with Gasteiger partial charge in [-0.2, -0.15) is 0 Å². The molecule has 1 aliphatic rings. The van der Waals surface area contributed by atoms with Crippen LogP contribution in [0.25, 0.3) is 0 Å². The molecule has 0 bridgehead atoms. The van der Waals surface area contributed by atoms with E-state index in [0.29, 0.717) is 12.1 Å². The summed E-state index contributed by atoms with van der Waals surface area (Å²) in [6.07, 6.45) is 3.79. The highest BCUT2D eigenvalue weighted by Gasteiger charge is 2.29. The van der Waals surface area contributed by atoms with E-state index in [1.54, 1.807) is 0 Å². The summed E-state index contributed by atoms with van der Waals surface area (Å²) in [6.45, 7) is 7.22. The van der Waals surface area contributed by atoms with Crippen LogP contribution in [0.2, 0.25) is 0 Å². The summed E-state index contributed by atoms with van der Waals surface area (Å²) >= 11 is 0. The second-order valence-corrected chi connectivity index (χ2v) is 1.69. The van der Waals surface area contributed by atoms with Crippen LogP contribution in [0.5, 0.6) is 0 Å². The molecule has 0 amide bonds. The molecule has 0 spiro atoms. The smallest absolute Gasteiger partial charge is 0.0444 e. The Morgan fingerprint density at radius 3 is 1.71 bits per heavy atom. The lowest BCUT2D eigenvalue weighted by Crippen LogP contribution is -1.79. The van der Waals surface area contributed by atoms with E-state index in [4.69, 9.17) is 0 Å². The van der Waals surface area contributed by atoms with Gasteiger partial charge in [0.2, 0.25) is 0 Å². The van der Waals surface area contributed by atoms with Crippen LogP contribution in [-0.4, -0.2) is 12.1 Å². The van der Waals surface area contributed by atoms with Gasteiger partial charge in [0.15, 0.2) is 0 Å². The summed E-state index contributed by atoms with van der Waals surface area (Å²) in [5, 5.41) is 3.13. The second-order valence-electron chi connectivity index (χ2n) is 1.69. The molecule has 1 N–H and O–H groups in total. The van der Waals surface area contributed by atoms with E-state index in [2.05, 4.69) is 18.5 Å². The molecule has 0 aromatic rings. The van der Waals surface area contributed by atoms with Gasteiger partial charge in [0.25, 0.3) is 0 Å². The van der Waals surface area contributed by atoms with Crippen molar-refractivity contribution in [3.8, 4) is 0 Å². The third kappa shape index (κ3) is 0.722. The van der Waals surface area contributed by atoms with Crippen molar-refractivity contribution in [2.24, 2.45) is 0 Å². The van der Waals surface area contributed by atoms with Gasteiger partial charge >= 0.3 is 0 Å². The normalized spacial score (nSPS) is 37.1. The van der Waals surface area contributed by atoms with Crippen LogP contribution >= 0.6 is 0 Å². The minimum atomic E-state index is 0.512. The SMILES string of the molecule is C=CC1NC1C=C. The van der Waals surface area contributed by atoms with E-state index in [9.17, 15) is 0 Å². The Morgan fingerprint density at radius 2 is 1.57 bits per heavy atom. The predicted octanol–water partition coefficient (Wildman–Crippen LogP) is 0.699. The van der Waals surface area contributed by atoms with E-state index in [0.717, 1.165) is 0 Å². The zero-order valence-corrected chi connectivity index (χ0v) is 4.22. The quantitative estimate of drug-likeness (QED) is 0.395. The molecule has 2 atom stereocenters. The minimum Gasteiger partial charge on any atom is -0.301 e. The van der Waals surface area contributed by atoms with E-state index < -0.39 is 0 Å². The second kappa shape index (κ2) is 1.51. The lowest BCUT2D eigenvalue weighted by molar-refractivity contribution is 1.20. The summed E-state index contributed by atoms with van der Waals surface area (Å²) in [6, 6.07) is 1.02. The molecule has 1 heteroatoms. The molecule has 0 aromatic carbocycles. The zero-order chi connectivity index (χ0) is 5.28. The summed E-state index contributed by atoms with van der Waals surface area (Å²) in [7, 11) is 0. The lowest BCUT2D eigenvalue weighted by atomic mass is 10.3. The minimum absolute atomic E-state index is 0.512. The van der Waals surface area contributed by atoms with Crippen molar-refractivity contribution in [3.63, 3.8) is 0 Å². The van der Waals surface area contributed by atoms with Gasteiger partial charge in [0.05, 0.1) is 0 Å².